The fourth-order valence-corrected chi connectivity index (χ4v) is 4.08. The lowest BCUT2D eigenvalue weighted by molar-refractivity contribution is 0.397. The Kier molecular flexibility index (Phi) is 4.87. The third-order valence-corrected chi connectivity index (χ3v) is 5.50. The van der Waals surface area contributed by atoms with E-state index in [1.54, 1.807) is 36.5 Å². The van der Waals surface area contributed by atoms with E-state index in [9.17, 15) is 8.42 Å². The van der Waals surface area contributed by atoms with E-state index in [0.717, 1.165) is 16.5 Å². The van der Waals surface area contributed by atoms with Gasteiger partial charge in [0.25, 0.3) is 0 Å². The smallest absolute Gasteiger partial charge is 0.343 e. The van der Waals surface area contributed by atoms with Crippen molar-refractivity contribution in [2.45, 2.75) is 31.6 Å². The topological polar surface area (TPSA) is 65.5 Å². The summed E-state index contributed by atoms with van der Waals surface area (Å²) in [5.74, 6) is 0.631. The number of aryl methyl sites for hydroxylation is 1. The van der Waals surface area contributed by atoms with Gasteiger partial charge in [0.05, 0.1) is 7.11 Å². The highest BCUT2D eigenvalue weighted by atomic mass is 32.2. The molecule has 0 aliphatic carbocycles. The molecule has 5 nitrogen and oxygen atoms in total. The average molecular weight is 371 g/mol. The minimum absolute atomic E-state index is 0.0160. The monoisotopic (exact) mass is 371 g/mol. The van der Waals surface area contributed by atoms with E-state index in [4.69, 9.17) is 8.92 Å². The number of benzene rings is 2. The van der Waals surface area contributed by atoms with Crippen molar-refractivity contribution in [2.75, 3.05) is 7.11 Å². The van der Waals surface area contributed by atoms with Crippen LogP contribution in [0, 0.1) is 6.92 Å². The van der Waals surface area contributed by atoms with E-state index in [-0.39, 0.29) is 22.3 Å². The molecule has 136 valence electrons. The van der Waals surface area contributed by atoms with Crippen LogP contribution in [-0.2, 0) is 10.1 Å². The Hall–Kier alpha value is -2.60. The Morgan fingerprint density at radius 3 is 2.46 bits per heavy atom. The molecule has 6 heteroatoms. The summed E-state index contributed by atoms with van der Waals surface area (Å²) >= 11 is 0. The van der Waals surface area contributed by atoms with Crippen LogP contribution >= 0.6 is 0 Å². The van der Waals surface area contributed by atoms with Crippen molar-refractivity contribution in [1.29, 1.82) is 0 Å². The van der Waals surface area contributed by atoms with Crippen LogP contribution in [0.25, 0.3) is 10.9 Å². The minimum Gasteiger partial charge on any atom is -0.495 e. The lowest BCUT2D eigenvalue weighted by Gasteiger charge is -2.16. The molecule has 26 heavy (non-hydrogen) atoms. The fraction of sp³-hybridized carbons (Fsp3) is 0.250. The Bertz CT molecular complexity index is 1050. The first-order chi connectivity index (χ1) is 12.3. The van der Waals surface area contributed by atoms with Crippen LogP contribution < -0.4 is 8.92 Å². The van der Waals surface area contributed by atoms with Crippen molar-refractivity contribution in [3.05, 3.63) is 59.8 Å². The molecular weight excluding hydrogens is 350 g/mol. The maximum Gasteiger partial charge on any atom is 0.343 e. The Balaban J connectivity index is 2.12. The molecule has 3 rings (SSSR count). The van der Waals surface area contributed by atoms with Gasteiger partial charge >= 0.3 is 10.1 Å². The van der Waals surface area contributed by atoms with E-state index in [1.807, 2.05) is 32.9 Å². The second-order valence-electron chi connectivity index (χ2n) is 6.38. The lowest BCUT2D eigenvalue weighted by Crippen LogP contribution is -2.13. The number of pyridine rings is 1. The molecule has 0 saturated heterocycles. The largest absolute Gasteiger partial charge is 0.495 e. The van der Waals surface area contributed by atoms with Crippen molar-refractivity contribution in [1.82, 2.24) is 4.98 Å². The number of ether oxygens (including phenoxy) is 1. The Labute approximate surface area is 153 Å². The molecule has 0 N–H and O–H groups in total. The van der Waals surface area contributed by atoms with Crippen LogP contribution in [0.3, 0.4) is 0 Å². The number of para-hydroxylation sites is 1. The molecule has 0 radical (unpaired) electrons. The van der Waals surface area contributed by atoms with Gasteiger partial charge in [-0.05, 0) is 48.2 Å². The van der Waals surface area contributed by atoms with Crippen LogP contribution in [0.2, 0.25) is 0 Å². The van der Waals surface area contributed by atoms with Crippen LogP contribution in [0.1, 0.15) is 30.9 Å². The normalized spacial score (nSPS) is 11.7. The predicted molar refractivity (Wildman–Crippen MR) is 101 cm³/mol. The van der Waals surface area contributed by atoms with E-state index < -0.39 is 10.1 Å². The number of nitrogens with zero attached hydrogens (tertiary/aromatic N) is 1. The lowest BCUT2D eigenvalue weighted by atomic mass is 9.98. The molecule has 0 aliphatic heterocycles. The van der Waals surface area contributed by atoms with E-state index in [1.165, 1.54) is 7.11 Å². The molecule has 1 heterocycles. The molecule has 0 unspecified atom stereocenters. The summed E-state index contributed by atoms with van der Waals surface area (Å²) in [7, 11) is -2.64. The third-order valence-electron chi connectivity index (χ3n) is 4.24. The number of aromatic nitrogens is 1. The van der Waals surface area contributed by atoms with Gasteiger partial charge in [-0.15, -0.1) is 0 Å². The molecule has 2 aromatic carbocycles. The zero-order valence-electron chi connectivity index (χ0n) is 15.2. The summed E-state index contributed by atoms with van der Waals surface area (Å²) in [6.45, 7) is 5.96. The maximum absolute atomic E-state index is 13.0. The summed E-state index contributed by atoms with van der Waals surface area (Å²) < 4.78 is 36.7. The van der Waals surface area contributed by atoms with Gasteiger partial charge in [0.1, 0.15) is 16.2 Å². The quantitative estimate of drug-likeness (QED) is 0.620. The zero-order valence-corrected chi connectivity index (χ0v) is 16.0. The van der Waals surface area contributed by atoms with Crippen molar-refractivity contribution >= 4 is 21.0 Å². The third kappa shape index (κ3) is 3.37. The van der Waals surface area contributed by atoms with Gasteiger partial charge in [-0.3, -0.25) is 4.98 Å². The van der Waals surface area contributed by atoms with Crippen molar-refractivity contribution in [2.24, 2.45) is 0 Å². The first-order valence-corrected chi connectivity index (χ1v) is 9.71. The van der Waals surface area contributed by atoms with Gasteiger partial charge < -0.3 is 8.92 Å². The molecule has 1 aromatic heterocycles. The fourth-order valence-electron chi connectivity index (χ4n) is 2.96. The number of rotatable bonds is 5. The first kappa shape index (κ1) is 18.2. The van der Waals surface area contributed by atoms with Gasteiger partial charge in [-0.1, -0.05) is 32.0 Å². The molecule has 0 aliphatic rings. The van der Waals surface area contributed by atoms with Gasteiger partial charge in [0.15, 0.2) is 5.75 Å². The number of methoxy groups -OCH3 is 1. The van der Waals surface area contributed by atoms with Crippen LogP contribution in [0.15, 0.2) is 53.6 Å². The van der Waals surface area contributed by atoms with E-state index >= 15 is 0 Å². The summed E-state index contributed by atoms with van der Waals surface area (Å²) in [5.41, 5.74) is 2.40. The van der Waals surface area contributed by atoms with Gasteiger partial charge in [0, 0.05) is 11.6 Å². The molecule has 0 spiro atoms. The highest BCUT2D eigenvalue weighted by molar-refractivity contribution is 7.87. The standard InChI is InChI=1S/C20H21NO4S/c1-13(2)16-12-19(18(24-4)11-14(16)3)26(22,23)25-17-9-5-7-15-8-6-10-21-20(15)17/h5-13H,1-4H3. The molecular formula is C20H21NO4S. The van der Waals surface area contributed by atoms with Gasteiger partial charge in [-0.2, -0.15) is 8.42 Å². The van der Waals surface area contributed by atoms with E-state index in [0.29, 0.717) is 5.52 Å². The minimum atomic E-state index is -4.09. The molecule has 3 aromatic rings. The van der Waals surface area contributed by atoms with Crippen LogP contribution in [-0.4, -0.2) is 20.5 Å². The summed E-state index contributed by atoms with van der Waals surface area (Å²) in [5, 5.41) is 0.805. The predicted octanol–water partition coefficient (Wildman–Crippen LogP) is 4.44. The van der Waals surface area contributed by atoms with Gasteiger partial charge in [-0.25, -0.2) is 0 Å². The number of hydrogen-bond acceptors (Lipinski definition) is 5. The molecule has 0 fully saturated rings. The molecule has 0 bridgehead atoms. The van der Waals surface area contributed by atoms with Crippen molar-refractivity contribution in [3.63, 3.8) is 0 Å². The van der Waals surface area contributed by atoms with Gasteiger partial charge in [0.2, 0.25) is 0 Å². The first-order valence-electron chi connectivity index (χ1n) is 8.30. The summed E-state index contributed by atoms with van der Waals surface area (Å²) in [6.07, 6.45) is 1.60. The second kappa shape index (κ2) is 6.96. The van der Waals surface area contributed by atoms with Crippen LogP contribution in [0.5, 0.6) is 11.5 Å². The maximum atomic E-state index is 13.0. The zero-order chi connectivity index (χ0) is 18.9. The van der Waals surface area contributed by atoms with E-state index in [2.05, 4.69) is 4.98 Å². The molecule has 0 amide bonds. The molecule has 0 saturated carbocycles. The SMILES string of the molecule is COc1cc(C)c(C(C)C)cc1S(=O)(=O)Oc1cccc2cccnc12. The Morgan fingerprint density at radius 2 is 1.77 bits per heavy atom. The number of fused-ring (bicyclic) bond motifs is 1. The molecule has 0 atom stereocenters. The van der Waals surface area contributed by atoms with Crippen molar-refractivity contribution < 1.29 is 17.3 Å². The highest BCUT2D eigenvalue weighted by Gasteiger charge is 2.25. The Morgan fingerprint density at radius 1 is 1.04 bits per heavy atom. The second-order valence-corrected chi connectivity index (χ2v) is 7.90. The summed E-state index contributed by atoms with van der Waals surface area (Å²) in [4.78, 5) is 4.26. The average Bonchev–Trinajstić information content (AvgIpc) is 2.61. The van der Waals surface area contributed by atoms with Crippen LogP contribution in [0.4, 0.5) is 0 Å². The highest BCUT2D eigenvalue weighted by Crippen LogP contribution is 2.34. The summed E-state index contributed by atoms with van der Waals surface area (Å²) in [6, 6.07) is 12.2. The number of hydrogen-bond donors (Lipinski definition) is 0. The van der Waals surface area contributed by atoms with Crippen molar-refractivity contribution in [3.8, 4) is 11.5 Å².